The molecule has 1 aliphatic heterocycles. The maximum absolute atomic E-state index is 12.9. The molecule has 2 heterocycles. The van der Waals surface area contributed by atoms with Crippen molar-refractivity contribution >= 4 is 29.1 Å². The predicted octanol–water partition coefficient (Wildman–Crippen LogP) is 4.74. The molecule has 0 saturated heterocycles. The Bertz CT molecular complexity index is 984. The van der Waals surface area contributed by atoms with Gasteiger partial charge >= 0.3 is 0 Å². The van der Waals surface area contributed by atoms with Gasteiger partial charge in [-0.05, 0) is 43.3 Å². The standard InChI is InChI=1S/C21H19Cl2N3O2/c1-13(28-17-8-6-16(23)7-9-17)21(27)26-11-10-19-18(12-26)20(25-24-19)14-2-4-15(22)5-3-14/h2-9,13H,10-12H2,1H3,(H,24,25). The van der Waals surface area contributed by atoms with E-state index in [9.17, 15) is 4.79 Å². The summed E-state index contributed by atoms with van der Waals surface area (Å²) in [5.74, 6) is 0.567. The molecule has 4 rings (SSSR count). The molecule has 0 fully saturated rings. The van der Waals surface area contributed by atoms with E-state index >= 15 is 0 Å². The van der Waals surface area contributed by atoms with Gasteiger partial charge in [0.1, 0.15) is 5.75 Å². The summed E-state index contributed by atoms with van der Waals surface area (Å²) in [6.45, 7) is 2.89. The number of carbonyl (C=O) groups excluding carboxylic acids is 1. The lowest BCUT2D eigenvalue weighted by atomic mass is 10.0. The number of ether oxygens (including phenoxy) is 1. The number of nitrogens with zero attached hydrogens (tertiary/aromatic N) is 2. The Labute approximate surface area is 173 Å². The van der Waals surface area contributed by atoms with Crippen LogP contribution in [0.1, 0.15) is 18.2 Å². The number of nitrogens with one attached hydrogen (secondary N) is 1. The van der Waals surface area contributed by atoms with Crippen molar-refractivity contribution in [3.05, 3.63) is 69.8 Å². The summed E-state index contributed by atoms with van der Waals surface area (Å²) >= 11 is 11.9. The number of halogens is 2. The Morgan fingerprint density at radius 1 is 1.11 bits per heavy atom. The number of aromatic nitrogens is 2. The first kappa shape index (κ1) is 18.8. The molecule has 1 amide bonds. The third-order valence-electron chi connectivity index (χ3n) is 4.84. The third kappa shape index (κ3) is 3.86. The van der Waals surface area contributed by atoms with Crippen LogP contribution in [0, 0.1) is 0 Å². The van der Waals surface area contributed by atoms with Gasteiger partial charge in [-0.3, -0.25) is 9.89 Å². The number of amides is 1. The van der Waals surface area contributed by atoms with Crippen molar-refractivity contribution in [1.29, 1.82) is 0 Å². The molecule has 0 spiro atoms. The lowest BCUT2D eigenvalue weighted by Gasteiger charge is -2.29. The summed E-state index contributed by atoms with van der Waals surface area (Å²) in [7, 11) is 0. The minimum Gasteiger partial charge on any atom is -0.481 e. The monoisotopic (exact) mass is 415 g/mol. The van der Waals surface area contributed by atoms with Gasteiger partial charge in [0.05, 0.1) is 5.69 Å². The number of fused-ring (bicyclic) bond motifs is 1. The summed E-state index contributed by atoms with van der Waals surface area (Å²) in [5.41, 5.74) is 3.94. The highest BCUT2D eigenvalue weighted by Crippen LogP contribution is 2.29. The fourth-order valence-corrected chi connectivity index (χ4v) is 3.61. The fourth-order valence-electron chi connectivity index (χ4n) is 3.35. The summed E-state index contributed by atoms with van der Waals surface area (Å²) in [6.07, 6.45) is 0.142. The zero-order valence-corrected chi connectivity index (χ0v) is 16.8. The minimum absolute atomic E-state index is 0.0520. The van der Waals surface area contributed by atoms with Crippen LogP contribution in [0.5, 0.6) is 5.75 Å². The molecule has 5 nitrogen and oxygen atoms in total. The van der Waals surface area contributed by atoms with Gasteiger partial charge in [-0.2, -0.15) is 5.10 Å². The first-order valence-electron chi connectivity index (χ1n) is 9.04. The van der Waals surface area contributed by atoms with E-state index in [0.717, 1.165) is 28.9 Å². The second kappa shape index (κ2) is 7.86. The molecule has 0 radical (unpaired) electrons. The molecule has 2 aromatic carbocycles. The van der Waals surface area contributed by atoms with Crippen LogP contribution < -0.4 is 4.74 Å². The van der Waals surface area contributed by atoms with Crippen molar-refractivity contribution in [3.63, 3.8) is 0 Å². The molecule has 0 saturated carbocycles. The van der Waals surface area contributed by atoms with Crippen molar-refractivity contribution in [3.8, 4) is 17.0 Å². The molecular weight excluding hydrogens is 397 g/mol. The zero-order valence-electron chi connectivity index (χ0n) is 15.3. The van der Waals surface area contributed by atoms with Crippen molar-refractivity contribution in [2.45, 2.75) is 26.0 Å². The van der Waals surface area contributed by atoms with Crippen LogP contribution in [-0.2, 0) is 17.8 Å². The molecular formula is C21H19Cl2N3O2. The molecule has 1 unspecified atom stereocenters. The predicted molar refractivity (Wildman–Crippen MR) is 110 cm³/mol. The molecule has 1 atom stereocenters. The molecule has 1 aromatic heterocycles. The van der Waals surface area contributed by atoms with E-state index in [2.05, 4.69) is 10.2 Å². The van der Waals surface area contributed by atoms with E-state index < -0.39 is 6.10 Å². The lowest BCUT2D eigenvalue weighted by Crippen LogP contribution is -2.43. The molecule has 28 heavy (non-hydrogen) atoms. The van der Waals surface area contributed by atoms with E-state index in [1.165, 1.54) is 0 Å². The first-order chi connectivity index (χ1) is 13.5. The normalized spacial score (nSPS) is 14.5. The van der Waals surface area contributed by atoms with E-state index in [0.29, 0.717) is 28.9 Å². The molecule has 1 aliphatic rings. The highest BCUT2D eigenvalue weighted by atomic mass is 35.5. The maximum atomic E-state index is 12.9. The van der Waals surface area contributed by atoms with Gasteiger partial charge in [0.15, 0.2) is 6.10 Å². The Morgan fingerprint density at radius 2 is 1.75 bits per heavy atom. The van der Waals surface area contributed by atoms with Crippen LogP contribution in [0.15, 0.2) is 48.5 Å². The van der Waals surface area contributed by atoms with E-state index in [-0.39, 0.29) is 5.91 Å². The summed E-state index contributed by atoms with van der Waals surface area (Å²) in [6, 6.07) is 14.6. The molecule has 0 bridgehead atoms. The van der Waals surface area contributed by atoms with Gasteiger partial charge in [0.2, 0.25) is 0 Å². The zero-order chi connectivity index (χ0) is 19.7. The summed E-state index contributed by atoms with van der Waals surface area (Å²) in [5, 5.41) is 8.88. The Kier molecular flexibility index (Phi) is 5.29. The number of H-pyrrole nitrogens is 1. The Balaban J connectivity index is 1.50. The number of benzene rings is 2. The number of aromatic amines is 1. The van der Waals surface area contributed by atoms with Crippen LogP contribution >= 0.6 is 23.2 Å². The smallest absolute Gasteiger partial charge is 0.263 e. The van der Waals surface area contributed by atoms with Crippen LogP contribution in [0.25, 0.3) is 11.3 Å². The molecule has 144 valence electrons. The average molecular weight is 416 g/mol. The Hall–Kier alpha value is -2.50. The second-order valence-corrected chi connectivity index (χ2v) is 7.63. The van der Waals surface area contributed by atoms with Crippen molar-refractivity contribution in [2.75, 3.05) is 6.54 Å². The van der Waals surface area contributed by atoms with Crippen molar-refractivity contribution in [1.82, 2.24) is 15.1 Å². The largest absolute Gasteiger partial charge is 0.481 e. The van der Waals surface area contributed by atoms with E-state index in [1.54, 1.807) is 31.2 Å². The Morgan fingerprint density at radius 3 is 2.43 bits per heavy atom. The number of rotatable bonds is 4. The van der Waals surface area contributed by atoms with Gasteiger partial charge in [-0.1, -0.05) is 35.3 Å². The number of hydrogen-bond donors (Lipinski definition) is 1. The van der Waals surface area contributed by atoms with Crippen LogP contribution in [0.4, 0.5) is 0 Å². The number of carbonyl (C=O) groups is 1. The van der Waals surface area contributed by atoms with Gasteiger partial charge in [-0.25, -0.2) is 0 Å². The van der Waals surface area contributed by atoms with Crippen LogP contribution in [0.2, 0.25) is 10.0 Å². The topological polar surface area (TPSA) is 58.2 Å². The fraction of sp³-hybridized carbons (Fsp3) is 0.238. The lowest BCUT2D eigenvalue weighted by molar-refractivity contribution is -0.138. The first-order valence-corrected chi connectivity index (χ1v) is 9.80. The summed E-state index contributed by atoms with van der Waals surface area (Å²) in [4.78, 5) is 14.7. The van der Waals surface area contributed by atoms with Crippen molar-refractivity contribution < 1.29 is 9.53 Å². The molecule has 3 aromatic rings. The second-order valence-electron chi connectivity index (χ2n) is 6.76. The van der Waals surface area contributed by atoms with Crippen LogP contribution in [0.3, 0.4) is 0 Å². The number of hydrogen-bond acceptors (Lipinski definition) is 3. The SMILES string of the molecule is CC(Oc1ccc(Cl)cc1)C(=O)N1CCc2[nH]nc(-c3ccc(Cl)cc3)c2C1. The van der Waals surface area contributed by atoms with E-state index in [4.69, 9.17) is 27.9 Å². The van der Waals surface area contributed by atoms with E-state index in [1.807, 2.05) is 29.2 Å². The highest BCUT2D eigenvalue weighted by Gasteiger charge is 2.29. The van der Waals surface area contributed by atoms with Gasteiger partial charge in [0.25, 0.3) is 5.91 Å². The molecule has 7 heteroatoms. The molecule has 1 N–H and O–H groups in total. The average Bonchev–Trinajstić information content (AvgIpc) is 3.13. The quantitative estimate of drug-likeness (QED) is 0.669. The minimum atomic E-state index is -0.589. The van der Waals surface area contributed by atoms with Crippen molar-refractivity contribution in [2.24, 2.45) is 0 Å². The van der Waals surface area contributed by atoms with Gasteiger partial charge in [0, 0.05) is 46.4 Å². The molecule has 0 aliphatic carbocycles. The summed E-state index contributed by atoms with van der Waals surface area (Å²) < 4.78 is 5.79. The van der Waals surface area contributed by atoms with Crippen LogP contribution in [-0.4, -0.2) is 33.7 Å². The van der Waals surface area contributed by atoms with Gasteiger partial charge in [-0.15, -0.1) is 0 Å². The third-order valence-corrected chi connectivity index (χ3v) is 5.34. The highest BCUT2D eigenvalue weighted by molar-refractivity contribution is 6.30. The van der Waals surface area contributed by atoms with Gasteiger partial charge < -0.3 is 9.64 Å². The maximum Gasteiger partial charge on any atom is 0.263 e.